The van der Waals surface area contributed by atoms with Crippen LogP contribution in [0.1, 0.15) is 25.3 Å². The molecule has 1 saturated heterocycles. The molecule has 0 bridgehead atoms. The summed E-state index contributed by atoms with van der Waals surface area (Å²) in [4.78, 5) is 2.21. The van der Waals surface area contributed by atoms with E-state index in [1.165, 1.54) is 0 Å². The van der Waals surface area contributed by atoms with Crippen LogP contribution in [0, 0.1) is 5.92 Å². The van der Waals surface area contributed by atoms with E-state index >= 15 is 0 Å². The number of halogens is 1. The van der Waals surface area contributed by atoms with Gasteiger partial charge in [-0.3, -0.25) is 0 Å². The molecule has 1 heterocycles. The van der Waals surface area contributed by atoms with E-state index in [0.717, 1.165) is 25.9 Å². The van der Waals surface area contributed by atoms with Crippen molar-refractivity contribution in [2.24, 2.45) is 5.92 Å². The fourth-order valence-corrected chi connectivity index (χ4v) is 2.69. The summed E-state index contributed by atoms with van der Waals surface area (Å²) in [6, 6.07) is 7.22. The first-order chi connectivity index (χ1) is 8.00. The Morgan fingerprint density at radius 3 is 2.88 bits per heavy atom. The fourth-order valence-electron chi connectivity index (χ4n) is 2.69. The lowest BCUT2D eigenvalue weighted by Crippen LogP contribution is -2.41. The van der Waals surface area contributed by atoms with Gasteiger partial charge in [-0.1, -0.05) is 12.1 Å². The molecule has 1 aliphatic rings. The number of rotatable bonds is 2. The lowest BCUT2D eigenvalue weighted by Gasteiger charge is -2.37. The van der Waals surface area contributed by atoms with Crippen LogP contribution in [0.4, 0.5) is 10.1 Å². The topological polar surface area (TPSA) is 29.3 Å². The molecular weight excluding hydrogens is 215 g/mol. The molecule has 2 nitrogen and oxygen atoms in total. The molecule has 0 radical (unpaired) electrons. The summed E-state index contributed by atoms with van der Waals surface area (Å²) in [5.74, 6) is 0.0584. The largest absolute Gasteiger partial charge is 0.399 e. The highest BCUT2D eigenvalue weighted by molar-refractivity contribution is 5.42. The van der Waals surface area contributed by atoms with Gasteiger partial charge in [-0.05, 0) is 51.1 Å². The Kier molecular flexibility index (Phi) is 3.38. The summed E-state index contributed by atoms with van der Waals surface area (Å²) in [6.45, 7) is 3.58. The lowest BCUT2D eigenvalue weighted by molar-refractivity contribution is 0.0453. The first-order valence-electron chi connectivity index (χ1n) is 6.23. The standard InChI is InChI=1S/C14H21FN2/c1-14(15,11-5-3-7-13(16)9-11)12-6-4-8-17(2)10-12/h3,5,7,9,12H,4,6,8,10,16H2,1-2H3. The Labute approximate surface area is 103 Å². The second kappa shape index (κ2) is 4.65. The third-order valence-electron chi connectivity index (χ3n) is 3.84. The monoisotopic (exact) mass is 236 g/mol. The van der Waals surface area contributed by atoms with Crippen LogP contribution in [0.15, 0.2) is 24.3 Å². The van der Waals surface area contributed by atoms with Crippen molar-refractivity contribution in [3.8, 4) is 0 Å². The molecule has 3 heteroatoms. The molecular formula is C14H21FN2. The summed E-state index contributed by atoms with van der Waals surface area (Å²) in [7, 11) is 2.06. The van der Waals surface area contributed by atoms with Gasteiger partial charge in [0.2, 0.25) is 0 Å². The van der Waals surface area contributed by atoms with E-state index < -0.39 is 5.67 Å². The van der Waals surface area contributed by atoms with Crippen LogP contribution in [-0.2, 0) is 5.67 Å². The van der Waals surface area contributed by atoms with E-state index in [4.69, 9.17) is 5.73 Å². The maximum atomic E-state index is 15.0. The predicted octanol–water partition coefficient (Wildman–Crippen LogP) is 2.80. The van der Waals surface area contributed by atoms with Crippen molar-refractivity contribution in [1.29, 1.82) is 0 Å². The third kappa shape index (κ3) is 2.60. The molecule has 1 fully saturated rings. The molecule has 2 N–H and O–H groups in total. The molecule has 2 unspecified atom stereocenters. The number of nitrogen functional groups attached to an aromatic ring is 1. The smallest absolute Gasteiger partial charge is 0.137 e. The van der Waals surface area contributed by atoms with Gasteiger partial charge in [0.05, 0.1) is 0 Å². The Morgan fingerprint density at radius 2 is 2.24 bits per heavy atom. The molecule has 17 heavy (non-hydrogen) atoms. The van der Waals surface area contributed by atoms with Crippen molar-refractivity contribution in [3.63, 3.8) is 0 Å². The van der Waals surface area contributed by atoms with Crippen molar-refractivity contribution in [3.05, 3.63) is 29.8 Å². The van der Waals surface area contributed by atoms with Gasteiger partial charge in [0.25, 0.3) is 0 Å². The predicted molar refractivity (Wildman–Crippen MR) is 69.5 cm³/mol. The van der Waals surface area contributed by atoms with E-state index in [1.807, 2.05) is 12.1 Å². The number of hydrogen-bond acceptors (Lipinski definition) is 2. The van der Waals surface area contributed by atoms with Gasteiger partial charge in [-0.25, -0.2) is 4.39 Å². The zero-order chi connectivity index (χ0) is 12.5. The normalized spacial score (nSPS) is 25.5. The van der Waals surface area contributed by atoms with Crippen LogP contribution in [0.5, 0.6) is 0 Å². The number of nitrogens with two attached hydrogens (primary N) is 1. The molecule has 0 aliphatic carbocycles. The second-order valence-corrected chi connectivity index (χ2v) is 5.30. The molecule has 1 aliphatic heterocycles. The number of anilines is 1. The second-order valence-electron chi connectivity index (χ2n) is 5.30. The number of hydrogen-bond donors (Lipinski definition) is 1. The van der Waals surface area contributed by atoms with Crippen molar-refractivity contribution in [2.45, 2.75) is 25.4 Å². The summed E-state index contributed by atoms with van der Waals surface area (Å²) < 4.78 is 15.0. The van der Waals surface area contributed by atoms with Crippen molar-refractivity contribution < 1.29 is 4.39 Å². The van der Waals surface area contributed by atoms with Gasteiger partial charge in [-0.2, -0.15) is 0 Å². The van der Waals surface area contributed by atoms with Crippen LogP contribution in [0.3, 0.4) is 0 Å². The summed E-state index contributed by atoms with van der Waals surface area (Å²) in [5, 5.41) is 0. The summed E-state index contributed by atoms with van der Waals surface area (Å²) in [6.07, 6.45) is 2.02. The minimum absolute atomic E-state index is 0.0584. The van der Waals surface area contributed by atoms with Gasteiger partial charge < -0.3 is 10.6 Å². The van der Waals surface area contributed by atoms with E-state index in [0.29, 0.717) is 11.3 Å². The molecule has 2 atom stereocenters. The summed E-state index contributed by atoms with van der Waals surface area (Å²) >= 11 is 0. The highest BCUT2D eigenvalue weighted by atomic mass is 19.1. The number of likely N-dealkylation sites (tertiary alicyclic amines) is 1. The zero-order valence-corrected chi connectivity index (χ0v) is 10.6. The van der Waals surface area contributed by atoms with Gasteiger partial charge in [0, 0.05) is 18.2 Å². The van der Waals surface area contributed by atoms with Crippen LogP contribution < -0.4 is 5.73 Å². The zero-order valence-electron chi connectivity index (χ0n) is 10.6. The first-order valence-corrected chi connectivity index (χ1v) is 6.23. The van der Waals surface area contributed by atoms with Crippen molar-refractivity contribution in [1.82, 2.24) is 4.90 Å². The van der Waals surface area contributed by atoms with Crippen LogP contribution in [0.25, 0.3) is 0 Å². The highest BCUT2D eigenvalue weighted by Crippen LogP contribution is 2.39. The number of piperidine rings is 1. The molecule has 1 aromatic carbocycles. The molecule has 1 aromatic rings. The Morgan fingerprint density at radius 1 is 1.47 bits per heavy atom. The van der Waals surface area contributed by atoms with Crippen molar-refractivity contribution in [2.75, 3.05) is 25.9 Å². The fraction of sp³-hybridized carbons (Fsp3) is 0.571. The van der Waals surface area contributed by atoms with E-state index in [1.54, 1.807) is 19.1 Å². The molecule has 0 amide bonds. The van der Waals surface area contributed by atoms with E-state index in [2.05, 4.69) is 11.9 Å². The van der Waals surface area contributed by atoms with Crippen LogP contribution >= 0.6 is 0 Å². The van der Waals surface area contributed by atoms with E-state index in [-0.39, 0.29) is 5.92 Å². The average molecular weight is 236 g/mol. The number of nitrogens with zero attached hydrogens (tertiary/aromatic N) is 1. The summed E-state index contributed by atoms with van der Waals surface area (Å²) in [5.41, 5.74) is 5.79. The van der Waals surface area contributed by atoms with Crippen molar-refractivity contribution >= 4 is 5.69 Å². The lowest BCUT2D eigenvalue weighted by atomic mass is 9.79. The van der Waals surface area contributed by atoms with Crippen LogP contribution in [-0.4, -0.2) is 25.0 Å². The molecule has 0 aromatic heterocycles. The Balaban J connectivity index is 2.22. The average Bonchev–Trinajstić information content (AvgIpc) is 2.29. The maximum absolute atomic E-state index is 15.0. The molecule has 2 rings (SSSR count). The SMILES string of the molecule is CN1CCCC(C(C)(F)c2cccc(N)c2)C1. The number of alkyl halides is 1. The van der Waals surface area contributed by atoms with Crippen LogP contribution in [0.2, 0.25) is 0 Å². The molecule has 0 spiro atoms. The first kappa shape index (κ1) is 12.4. The minimum Gasteiger partial charge on any atom is -0.399 e. The van der Waals surface area contributed by atoms with Gasteiger partial charge in [0.1, 0.15) is 5.67 Å². The number of benzene rings is 1. The minimum atomic E-state index is -1.29. The maximum Gasteiger partial charge on any atom is 0.137 e. The van der Waals surface area contributed by atoms with Gasteiger partial charge >= 0.3 is 0 Å². The Bertz CT molecular complexity index is 390. The highest BCUT2D eigenvalue weighted by Gasteiger charge is 2.37. The van der Waals surface area contributed by atoms with Gasteiger partial charge in [0.15, 0.2) is 0 Å². The van der Waals surface area contributed by atoms with E-state index in [9.17, 15) is 4.39 Å². The molecule has 94 valence electrons. The third-order valence-corrected chi connectivity index (χ3v) is 3.84. The Hall–Kier alpha value is -1.09. The van der Waals surface area contributed by atoms with Gasteiger partial charge in [-0.15, -0.1) is 0 Å². The molecule has 0 saturated carbocycles. The quantitative estimate of drug-likeness (QED) is 0.800.